The van der Waals surface area contributed by atoms with Crippen molar-refractivity contribution in [2.45, 2.75) is 115 Å². The van der Waals surface area contributed by atoms with E-state index in [0.29, 0.717) is 33.2 Å². The first-order chi connectivity index (χ1) is 36.0. The number of fused-ring (bicyclic) bond motifs is 2. The normalized spacial score (nSPS) is 14.3. The summed E-state index contributed by atoms with van der Waals surface area (Å²) in [6.07, 6.45) is 1.36. The van der Waals surface area contributed by atoms with Gasteiger partial charge in [-0.25, -0.2) is 28.3 Å². The minimum absolute atomic E-state index is 0.0157. The molecule has 0 fully saturated rings. The number of hydrogen-bond acceptors (Lipinski definition) is 14. The van der Waals surface area contributed by atoms with Crippen LogP contribution in [0.15, 0.2) is 122 Å². The summed E-state index contributed by atoms with van der Waals surface area (Å²) in [4.78, 5) is 95.7. The summed E-state index contributed by atoms with van der Waals surface area (Å²) >= 11 is 0. The largest absolute Gasteiger partial charge is 0.457 e. The maximum absolute atomic E-state index is 14.2. The van der Waals surface area contributed by atoms with E-state index in [-0.39, 0.29) is 62.8 Å². The second-order valence-corrected chi connectivity index (χ2v) is 19.9. The number of nitrogens with one attached hydrogen (secondary N) is 2. The molecule has 6 atom stereocenters. The van der Waals surface area contributed by atoms with Gasteiger partial charge >= 0.3 is 11.9 Å². The standard InChI is InChI=1S/C56H62F2N8O10/c1-55(2,23-21-35(51(59)71)29-47(67)43(27-33-11-9-13-37(57)25-33)65-53(73)45-31-61-39-15-5-7-17-41(39)63-45)75-49(69)19-20-50(70)76-56(3,4)24-22-36(52(60)72)30-48(68)44(28-34-12-10-14-38(58)26-34)66-54(74)46-32-62-40-16-6-8-18-42(40)64-46/h5-20,25-26,31-32,35-36,43-44,47-48,67-68H,21-24,27-30H2,1-4H3,(H2,59,71)(H2,60,72)(H,65,73)(H,66,74)/b20-19+. The summed E-state index contributed by atoms with van der Waals surface area (Å²) in [5, 5.41) is 28.6. The van der Waals surface area contributed by atoms with E-state index in [1.807, 2.05) is 0 Å². The predicted octanol–water partition coefficient (Wildman–Crippen LogP) is 5.70. The maximum Gasteiger partial charge on any atom is 0.331 e. The molecule has 0 aliphatic carbocycles. The second-order valence-electron chi connectivity index (χ2n) is 19.9. The molecule has 18 nitrogen and oxygen atoms in total. The lowest BCUT2D eigenvalue weighted by molar-refractivity contribution is -0.154. The number of primary amides is 2. The Bertz CT molecular complexity index is 2880. The lowest BCUT2D eigenvalue weighted by atomic mass is 9.87. The van der Waals surface area contributed by atoms with Crippen molar-refractivity contribution in [2.75, 3.05) is 0 Å². The monoisotopic (exact) mass is 1040 g/mol. The van der Waals surface area contributed by atoms with Gasteiger partial charge in [0.15, 0.2) is 0 Å². The molecular formula is C56H62F2N8O10. The molecule has 20 heteroatoms. The van der Waals surface area contributed by atoms with Crippen LogP contribution in [-0.4, -0.2) is 101 Å². The van der Waals surface area contributed by atoms with Gasteiger partial charge in [0, 0.05) is 24.0 Å². The third-order valence-corrected chi connectivity index (χ3v) is 12.8. The van der Waals surface area contributed by atoms with Crippen LogP contribution in [0, 0.1) is 23.5 Å². The first-order valence-corrected chi connectivity index (χ1v) is 24.7. The van der Waals surface area contributed by atoms with Gasteiger partial charge in [-0.2, -0.15) is 0 Å². The Morgan fingerprint density at radius 3 is 1.30 bits per heavy atom. The summed E-state index contributed by atoms with van der Waals surface area (Å²) in [6.45, 7) is 6.32. The Hall–Kier alpha value is -8.10. The van der Waals surface area contributed by atoms with Crippen LogP contribution in [0.2, 0.25) is 0 Å². The molecular weight excluding hydrogens is 983 g/mol. The number of benzene rings is 4. The van der Waals surface area contributed by atoms with Gasteiger partial charge in [-0.1, -0.05) is 48.5 Å². The zero-order valence-corrected chi connectivity index (χ0v) is 42.5. The van der Waals surface area contributed by atoms with Crippen molar-refractivity contribution in [3.63, 3.8) is 0 Å². The SMILES string of the molecule is CC(C)(CCC(CC(O)C(Cc1cccc(F)c1)NC(=O)c1cnc2ccccc2n1)C(N)=O)OC(=O)/C=C/C(=O)OC(C)(C)CCC(CC(O)C(Cc1cccc(F)c1)NC(=O)c1cnc2ccccc2n1)C(N)=O. The summed E-state index contributed by atoms with van der Waals surface area (Å²) < 4.78 is 39.6. The van der Waals surface area contributed by atoms with Crippen LogP contribution in [0.4, 0.5) is 8.78 Å². The van der Waals surface area contributed by atoms with E-state index < -0.39 is 94.5 Å². The summed E-state index contributed by atoms with van der Waals surface area (Å²) in [6, 6.07) is 23.1. The molecule has 2 aromatic heterocycles. The number of esters is 2. The molecule has 0 spiro atoms. The Labute approximate surface area is 437 Å². The number of nitrogens with zero attached hydrogens (tertiary/aromatic N) is 4. The van der Waals surface area contributed by atoms with Crippen LogP contribution in [0.1, 0.15) is 98.3 Å². The van der Waals surface area contributed by atoms with Crippen molar-refractivity contribution < 1.29 is 57.2 Å². The molecule has 0 bridgehead atoms. The molecule has 4 aromatic carbocycles. The van der Waals surface area contributed by atoms with Crippen LogP contribution in [0.5, 0.6) is 0 Å². The molecule has 0 aliphatic heterocycles. The molecule has 6 unspecified atom stereocenters. The van der Waals surface area contributed by atoms with Crippen LogP contribution in [0.25, 0.3) is 22.1 Å². The van der Waals surface area contributed by atoms with Crippen molar-refractivity contribution in [3.05, 3.63) is 156 Å². The third-order valence-electron chi connectivity index (χ3n) is 12.8. The molecule has 0 radical (unpaired) electrons. The molecule has 8 N–H and O–H groups in total. The van der Waals surface area contributed by atoms with Gasteiger partial charge in [0.1, 0.15) is 34.2 Å². The van der Waals surface area contributed by atoms with Crippen molar-refractivity contribution in [1.29, 1.82) is 0 Å². The van der Waals surface area contributed by atoms with Crippen molar-refractivity contribution in [3.8, 4) is 0 Å². The first kappa shape index (κ1) is 57.2. The van der Waals surface area contributed by atoms with Crippen LogP contribution < -0.4 is 22.1 Å². The number of hydrogen-bond donors (Lipinski definition) is 6. The molecule has 0 saturated carbocycles. The van der Waals surface area contributed by atoms with Crippen molar-refractivity contribution in [2.24, 2.45) is 23.3 Å². The van der Waals surface area contributed by atoms with Gasteiger partial charge < -0.3 is 41.8 Å². The fraction of sp³-hybridized carbons (Fsp3) is 0.357. The minimum atomic E-state index is -1.36. The average molecular weight is 1050 g/mol. The van der Waals surface area contributed by atoms with Gasteiger partial charge in [-0.15, -0.1) is 0 Å². The summed E-state index contributed by atoms with van der Waals surface area (Å²) in [5.74, 6) is -7.65. The highest BCUT2D eigenvalue weighted by molar-refractivity contribution is 5.95. The molecule has 0 aliphatic rings. The molecule has 4 amide bonds. The molecule has 2 heterocycles. The number of ether oxygens (including phenoxy) is 2. The van der Waals surface area contributed by atoms with E-state index in [0.717, 1.165) is 12.2 Å². The Morgan fingerprint density at radius 2 is 0.947 bits per heavy atom. The topological polar surface area (TPSA) is 289 Å². The third kappa shape index (κ3) is 17.2. The molecule has 76 heavy (non-hydrogen) atoms. The van der Waals surface area contributed by atoms with E-state index in [1.54, 1.807) is 88.4 Å². The van der Waals surface area contributed by atoms with Crippen LogP contribution in [-0.2, 0) is 41.5 Å². The highest BCUT2D eigenvalue weighted by atomic mass is 19.1. The molecule has 0 saturated heterocycles. The van der Waals surface area contributed by atoms with E-state index in [4.69, 9.17) is 20.9 Å². The number of aliphatic hydroxyl groups excluding tert-OH is 2. The molecule has 6 rings (SSSR count). The number of carbonyl (C=O) groups is 6. The number of para-hydroxylation sites is 4. The lowest BCUT2D eigenvalue weighted by Gasteiger charge is -2.29. The van der Waals surface area contributed by atoms with Gasteiger partial charge in [-0.3, -0.25) is 29.1 Å². The summed E-state index contributed by atoms with van der Waals surface area (Å²) in [7, 11) is 0. The van der Waals surface area contributed by atoms with E-state index in [2.05, 4.69) is 30.6 Å². The predicted molar refractivity (Wildman–Crippen MR) is 276 cm³/mol. The second kappa shape index (κ2) is 25.9. The van der Waals surface area contributed by atoms with Gasteiger partial charge in [0.25, 0.3) is 11.8 Å². The Morgan fingerprint density at radius 1 is 0.579 bits per heavy atom. The van der Waals surface area contributed by atoms with Crippen LogP contribution >= 0.6 is 0 Å². The number of aliphatic hydroxyl groups is 2. The number of halogens is 2. The highest BCUT2D eigenvalue weighted by Gasteiger charge is 2.33. The number of rotatable bonds is 26. The van der Waals surface area contributed by atoms with Gasteiger partial charge in [-0.05, 0) is 139 Å². The lowest BCUT2D eigenvalue weighted by Crippen LogP contribution is -2.46. The summed E-state index contributed by atoms with van der Waals surface area (Å²) in [5.41, 5.74) is 12.1. The molecule has 6 aromatic rings. The number of aromatic nitrogens is 4. The number of carbonyl (C=O) groups excluding carboxylic acids is 6. The maximum atomic E-state index is 14.2. The first-order valence-electron chi connectivity index (χ1n) is 24.7. The Kier molecular flexibility index (Phi) is 19.5. The minimum Gasteiger partial charge on any atom is -0.457 e. The fourth-order valence-electron chi connectivity index (χ4n) is 8.58. The Balaban J connectivity index is 1.01. The van der Waals surface area contributed by atoms with Gasteiger partial charge in [0.2, 0.25) is 11.8 Å². The van der Waals surface area contributed by atoms with Gasteiger partial charge in [0.05, 0.1) is 58.8 Å². The van der Waals surface area contributed by atoms with E-state index >= 15 is 0 Å². The zero-order valence-electron chi connectivity index (χ0n) is 42.5. The van der Waals surface area contributed by atoms with Crippen LogP contribution in [0.3, 0.4) is 0 Å². The number of nitrogens with two attached hydrogens (primary N) is 2. The number of amides is 4. The zero-order chi connectivity index (χ0) is 55.2. The highest BCUT2D eigenvalue weighted by Crippen LogP contribution is 2.27. The van der Waals surface area contributed by atoms with E-state index in [1.165, 1.54) is 48.8 Å². The smallest absolute Gasteiger partial charge is 0.331 e. The molecule has 400 valence electrons. The quantitative estimate of drug-likeness (QED) is 0.0281. The van der Waals surface area contributed by atoms with E-state index in [9.17, 15) is 47.8 Å². The van der Waals surface area contributed by atoms with Crippen molar-refractivity contribution in [1.82, 2.24) is 30.6 Å². The average Bonchev–Trinajstić information content (AvgIpc) is 3.37. The fourth-order valence-corrected chi connectivity index (χ4v) is 8.58. The van der Waals surface area contributed by atoms with Crippen molar-refractivity contribution >= 4 is 57.6 Å².